The first-order chi connectivity index (χ1) is 14.4. The van der Waals surface area contributed by atoms with Crippen molar-refractivity contribution in [3.05, 3.63) is 95.6 Å². The first-order valence-corrected chi connectivity index (χ1v) is 9.92. The van der Waals surface area contributed by atoms with Crippen molar-refractivity contribution in [3.63, 3.8) is 0 Å². The van der Waals surface area contributed by atoms with Gasteiger partial charge in [0.15, 0.2) is 0 Å². The Morgan fingerprint density at radius 3 is 1.93 bits per heavy atom. The van der Waals surface area contributed by atoms with Gasteiger partial charge in [0.05, 0.1) is 6.61 Å². The molecule has 3 aromatic rings. The molecule has 1 atom stereocenters. The van der Waals surface area contributed by atoms with E-state index in [2.05, 4.69) is 0 Å². The third-order valence-corrected chi connectivity index (χ3v) is 5.07. The average molecular weight is 405 g/mol. The quantitative estimate of drug-likeness (QED) is 0.411. The highest BCUT2D eigenvalue weighted by Crippen LogP contribution is 2.37. The largest absolute Gasteiger partial charge is 0.494 e. The lowest BCUT2D eigenvalue weighted by Gasteiger charge is -2.30. The van der Waals surface area contributed by atoms with E-state index >= 15 is 0 Å². The summed E-state index contributed by atoms with van der Waals surface area (Å²) in [4.78, 5) is 12.6. The number of benzene rings is 3. The first kappa shape index (κ1) is 21.4. The summed E-state index contributed by atoms with van der Waals surface area (Å²) in [6, 6.07) is 24.7. The fourth-order valence-corrected chi connectivity index (χ4v) is 3.39. The molecule has 0 fully saturated rings. The molecule has 3 rings (SSSR count). The van der Waals surface area contributed by atoms with Crippen LogP contribution in [-0.4, -0.2) is 36.9 Å². The minimum Gasteiger partial charge on any atom is -0.494 e. The lowest BCUT2D eigenvalue weighted by atomic mass is 9.80. The number of nitrogens with zero attached hydrogens (tertiary/aromatic N) is 1. The summed E-state index contributed by atoms with van der Waals surface area (Å²) in [7, 11) is 3.96. The maximum Gasteiger partial charge on any atom is 0.303 e. The Morgan fingerprint density at radius 1 is 0.867 bits per heavy atom. The van der Waals surface area contributed by atoms with E-state index in [0.717, 1.165) is 22.4 Å². The van der Waals surface area contributed by atoms with E-state index < -0.39 is 11.6 Å². The van der Waals surface area contributed by atoms with Crippen molar-refractivity contribution < 1.29 is 19.7 Å². The number of aliphatic carboxylic acids is 1. The van der Waals surface area contributed by atoms with Gasteiger partial charge in [0.1, 0.15) is 11.4 Å². The predicted molar refractivity (Wildman–Crippen MR) is 118 cm³/mol. The molecule has 0 aromatic heterocycles. The van der Waals surface area contributed by atoms with E-state index in [4.69, 9.17) is 9.84 Å². The number of ether oxygens (including phenoxy) is 1. The molecule has 0 saturated heterocycles. The zero-order valence-corrected chi connectivity index (χ0v) is 17.3. The van der Waals surface area contributed by atoms with Gasteiger partial charge in [-0.15, -0.1) is 0 Å². The summed E-state index contributed by atoms with van der Waals surface area (Å²) in [5, 5.41) is 20.6. The minimum absolute atomic E-state index is 0.0782. The third-order valence-electron chi connectivity index (χ3n) is 5.07. The second kappa shape index (κ2) is 9.46. The van der Waals surface area contributed by atoms with Crippen LogP contribution in [0.2, 0.25) is 0 Å². The van der Waals surface area contributed by atoms with Crippen LogP contribution >= 0.6 is 0 Å². The number of rotatable bonds is 9. The van der Waals surface area contributed by atoms with E-state index in [1.165, 1.54) is 0 Å². The first-order valence-electron chi connectivity index (χ1n) is 9.92. The van der Waals surface area contributed by atoms with Crippen molar-refractivity contribution in [1.82, 2.24) is 0 Å². The van der Waals surface area contributed by atoms with E-state index in [9.17, 15) is 9.90 Å². The summed E-state index contributed by atoms with van der Waals surface area (Å²) >= 11 is 0. The van der Waals surface area contributed by atoms with Crippen molar-refractivity contribution in [2.24, 2.45) is 0 Å². The van der Waals surface area contributed by atoms with E-state index in [-0.39, 0.29) is 6.42 Å². The van der Waals surface area contributed by atoms with Gasteiger partial charge in [-0.3, -0.25) is 4.79 Å². The van der Waals surface area contributed by atoms with Gasteiger partial charge in [-0.2, -0.15) is 0 Å². The minimum atomic E-state index is -1.31. The molecule has 3 aromatic carbocycles. The molecule has 0 spiro atoms. The molecule has 0 radical (unpaired) electrons. The number of carboxylic acid groups (broad SMARTS) is 1. The van der Waals surface area contributed by atoms with Crippen LogP contribution in [0.5, 0.6) is 5.75 Å². The third kappa shape index (κ3) is 4.81. The maximum absolute atomic E-state index is 11.9. The summed E-state index contributed by atoms with van der Waals surface area (Å²) < 4.78 is 5.63. The topological polar surface area (TPSA) is 70.0 Å². The summed E-state index contributed by atoms with van der Waals surface area (Å²) in [6.45, 7) is 0.334. The van der Waals surface area contributed by atoms with Gasteiger partial charge >= 0.3 is 5.97 Å². The van der Waals surface area contributed by atoms with Gasteiger partial charge in [0, 0.05) is 26.2 Å². The van der Waals surface area contributed by atoms with Gasteiger partial charge in [0.2, 0.25) is 0 Å². The number of carbonyl (C=O) groups is 1. The molecule has 0 saturated carbocycles. The van der Waals surface area contributed by atoms with E-state index in [1.807, 2.05) is 85.7 Å². The van der Waals surface area contributed by atoms with Crippen molar-refractivity contribution in [1.29, 1.82) is 0 Å². The standard InChI is InChI=1S/C25H27NO4/c1-26(2)22-14-10-20(11-15-22)25(29,19-7-4-3-5-8-19)21-12-16-23(17-13-21)30-18-6-9-24(27)28/h3-5,7-8,10-17,29H,6,9,18H2,1-2H3,(H,27,28). The highest BCUT2D eigenvalue weighted by atomic mass is 16.5. The molecule has 0 bridgehead atoms. The van der Waals surface area contributed by atoms with Gasteiger partial charge in [-0.25, -0.2) is 0 Å². The summed E-state index contributed by atoms with van der Waals surface area (Å²) in [5.41, 5.74) is 2.02. The molecule has 5 heteroatoms. The monoisotopic (exact) mass is 405 g/mol. The van der Waals surface area contributed by atoms with Crippen molar-refractivity contribution in [3.8, 4) is 5.75 Å². The van der Waals surface area contributed by atoms with E-state index in [0.29, 0.717) is 18.8 Å². The van der Waals surface area contributed by atoms with Gasteiger partial charge in [-0.1, -0.05) is 54.6 Å². The molecule has 30 heavy (non-hydrogen) atoms. The number of hydrogen-bond acceptors (Lipinski definition) is 4. The predicted octanol–water partition coefficient (Wildman–Crippen LogP) is 4.28. The van der Waals surface area contributed by atoms with E-state index in [1.54, 1.807) is 12.1 Å². The van der Waals surface area contributed by atoms with Crippen LogP contribution in [0.15, 0.2) is 78.9 Å². The number of hydrogen-bond donors (Lipinski definition) is 2. The molecule has 0 aliphatic carbocycles. The van der Waals surface area contributed by atoms with Crippen molar-refractivity contribution >= 4 is 11.7 Å². The molecule has 0 aliphatic heterocycles. The normalized spacial score (nSPS) is 12.8. The Kier molecular flexibility index (Phi) is 6.75. The SMILES string of the molecule is CN(C)c1ccc(C(O)(c2ccccc2)c2ccc(OCCCC(=O)O)cc2)cc1. The van der Waals surface area contributed by atoms with Crippen LogP contribution in [0.4, 0.5) is 5.69 Å². The number of anilines is 1. The Balaban J connectivity index is 1.90. The zero-order chi connectivity index (χ0) is 21.6. The Hall–Kier alpha value is -3.31. The number of aliphatic hydroxyl groups is 1. The summed E-state index contributed by atoms with van der Waals surface area (Å²) in [6.07, 6.45) is 0.526. The molecule has 2 N–H and O–H groups in total. The second-order valence-electron chi connectivity index (χ2n) is 7.39. The van der Waals surface area contributed by atoms with Gasteiger partial charge in [-0.05, 0) is 47.4 Å². The average Bonchev–Trinajstić information content (AvgIpc) is 2.77. The van der Waals surface area contributed by atoms with Gasteiger partial charge < -0.3 is 19.8 Å². The highest BCUT2D eigenvalue weighted by molar-refractivity contribution is 5.66. The van der Waals surface area contributed by atoms with Crippen LogP contribution < -0.4 is 9.64 Å². The van der Waals surface area contributed by atoms with Crippen LogP contribution in [-0.2, 0) is 10.4 Å². The fourth-order valence-electron chi connectivity index (χ4n) is 3.39. The Morgan fingerprint density at radius 2 is 1.40 bits per heavy atom. The second-order valence-corrected chi connectivity index (χ2v) is 7.39. The maximum atomic E-state index is 11.9. The smallest absolute Gasteiger partial charge is 0.303 e. The van der Waals surface area contributed by atoms with Crippen LogP contribution in [0, 0.1) is 0 Å². The van der Waals surface area contributed by atoms with Crippen LogP contribution in [0.25, 0.3) is 0 Å². The molecule has 156 valence electrons. The molecular formula is C25H27NO4. The number of carboxylic acids is 1. The van der Waals surface area contributed by atoms with Crippen LogP contribution in [0.1, 0.15) is 29.5 Å². The molecule has 0 amide bonds. The molecule has 1 unspecified atom stereocenters. The van der Waals surface area contributed by atoms with Crippen LogP contribution in [0.3, 0.4) is 0 Å². The van der Waals surface area contributed by atoms with Crippen molar-refractivity contribution in [2.75, 3.05) is 25.6 Å². The lowest BCUT2D eigenvalue weighted by Crippen LogP contribution is -2.28. The zero-order valence-electron chi connectivity index (χ0n) is 17.3. The van der Waals surface area contributed by atoms with Crippen molar-refractivity contribution in [2.45, 2.75) is 18.4 Å². The lowest BCUT2D eigenvalue weighted by molar-refractivity contribution is -0.137. The fraction of sp³-hybridized carbons (Fsp3) is 0.240. The molecule has 0 heterocycles. The molecule has 0 aliphatic rings. The Labute approximate surface area is 177 Å². The molecular weight excluding hydrogens is 378 g/mol. The highest BCUT2D eigenvalue weighted by Gasteiger charge is 2.33. The summed E-state index contributed by atoms with van der Waals surface area (Å²) in [5.74, 6) is -0.190. The Bertz CT molecular complexity index is 953. The molecule has 5 nitrogen and oxygen atoms in total. The van der Waals surface area contributed by atoms with Gasteiger partial charge in [0.25, 0.3) is 0 Å².